The second-order valence-electron chi connectivity index (χ2n) is 4.52. The molecule has 0 aliphatic heterocycles. The third kappa shape index (κ3) is 2.92. The first-order valence-corrected chi connectivity index (χ1v) is 7.58. The normalized spacial score (nSPS) is 10.6. The van der Waals surface area contributed by atoms with E-state index in [4.69, 9.17) is 4.74 Å². The molecule has 3 aromatic rings. The van der Waals surface area contributed by atoms with Gasteiger partial charge < -0.3 is 4.74 Å². The number of hydrogen-bond acceptors (Lipinski definition) is 4. The molecule has 1 heterocycles. The Morgan fingerprint density at radius 3 is 2.77 bits per heavy atom. The van der Waals surface area contributed by atoms with Gasteiger partial charge in [-0.25, -0.2) is 9.37 Å². The van der Waals surface area contributed by atoms with Gasteiger partial charge in [0.2, 0.25) is 0 Å². The molecule has 6 heteroatoms. The summed E-state index contributed by atoms with van der Waals surface area (Å²) in [6.07, 6.45) is 0. The number of nitrogens with zero attached hydrogens (tertiary/aromatic N) is 1. The largest absolute Gasteiger partial charge is 0.492 e. The molecule has 1 amide bonds. The van der Waals surface area contributed by atoms with Gasteiger partial charge in [0.05, 0.1) is 11.3 Å². The molecule has 0 aliphatic carbocycles. The molecule has 0 bridgehead atoms. The zero-order chi connectivity index (χ0) is 15.5. The molecule has 1 aromatic heterocycles. The minimum absolute atomic E-state index is 0.322. The van der Waals surface area contributed by atoms with Crippen LogP contribution in [-0.4, -0.2) is 17.5 Å². The lowest BCUT2D eigenvalue weighted by Crippen LogP contribution is -2.11. The standard InChI is InChI=1S/C16H13FN2O2S/c1-2-21-12-4-3-5-13-14(12)18-16(22-13)19-15(20)10-6-8-11(17)9-7-10/h3-9H,2H2,1H3,(H,18,19,20). The van der Waals surface area contributed by atoms with Crippen LogP contribution in [0.3, 0.4) is 0 Å². The summed E-state index contributed by atoms with van der Waals surface area (Å²) < 4.78 is 19.3. The van der Waals surface area contributed by atoms with Crippen LogP contribution in [0.25, 0.3) is 10.2 Å². The van der Waals surface area contributed by atoms with E-state index in [2.05, 4.69) is 10.3 Å². The fourth-order valence-electron chi connectivity index (χ4n) is 2.02. The van der Waals surface area contributed by atoms with E-state index < -0.39 is 0 Å². The van der Waals surface area contributed by atoms with E-state index in [1.54, 1.807) is 0 Å². The molecule has 0 radical (unpaired) electrons. The van der Waals surface area contributed by atoms with Crippen LogP contribution in [0.15, 0.2) is 42.5 Å². The van der Waals surface area contributed by atoms with Crippen LogP contribution in [0.2, 0.25) is 0 Å². The molecule has 3 rings (SSSR count). The minimum Gasteiger partial charge on any atom is -0.492 e. The van der Waals surface area contributed by atoms with Gasteiger partial charge in [-0.1, -0.05) is 17.4 Å². The van der Waals surface area contributed by atoms with Gasteiger partial charge in [-0.3, -0.25) is 10.1 Å². The zero-order valence-corrected chi connectivity index (χ0v) is 12.6. The van der Waals surface area contributed by atoms with Gasteiger partial charge in [0.25, 0.3) is 5.91 Å². The van der Waals surface area contributed by atoms with E-state index in [9.17, 15) is 9.18 Å². The van der Waals surface area contributed by atoms with Crippen LogP contribution in [-0.2, 0) is 0 Å². The maximum Gasteiger partial charge on any atom is 0.257 e. The average Bonchev–Trinajstić information content (AvgIpc) is 2.91. The van der Waals surface area contributed by atoms with Crippen molar-refractivity contribution in [1.82, 2.24) is 4.98 Å². The van der Waals surface area contributed by atoms with Crippen LogP contribution in [0, 0.1) is 5.82 Å². The summed E-state index contributed by atoms with van der Waals surface area (Å²) in [6.45, 7) is 2.45. The molecule has 0 saturated carbocycles. The summed E-state index contributed by atoms with van der Waals surface area (Å²) in [4.78, 5) is 16.5. The van der Waals surface area contributed by atoms with Crippen LogP contribution in [0.5, 0.6) is 5.75 Å². The lowest BCUT2D eigenvalue weighted by molar-refractivity contribution is 0.102. The molecule has 2 aromatic carbocycles. The Bertz CT molecular complexity index is 815. The Morgan fingerprint density at radius 1 is 1.27 bits per heavy atom. The van der Waals surface area contributed by atoms with Crippen LogP contribution in [0.4, 0.5) is 9.52 Å². The number of thiazole rings is 1. The van der Waals surface area contributed by atoms with Gasteiger partial charge in [-0.15, -0.1) is 0 Å². The van der Waals surface area contributed by atoms with Crippen molar-refractivity contribution in [3.8, 4) is 5.75 Å². The molecule has 1 N–H and O–H groups in total. The number of rotatable bonds is 4. The van der Waals surface area contributed by atoms with Gasteiger partial charge in [0, 0.05) is 5.56 Å². The van der Waals surface area contributed by atoms with Crippen molar-refractivity contribution in [2.75, 3.05) is 11.9 Å². The van der Waals surface area contributed by atoms with Crippen molar-refractivity contribution in [3.05, 3.63) is 53.8 Å². The predicted octanol–water partition coefficient (Wildman–Crippen LogP) is 4.09. The molecule has 4 nitrogen and oxygen atoms in total. The van der Waals surface area contributed by atoms with Crippen LogP contribution < -0.4 is 10.1 Å². The topological polar surface area (TPSA) is 51.2 Å². The van der Waals surface area contributed by atoms with Crippen molar-refractivity contribution in [2.24, 2.45) is 0 Å². The number of anilines is 1. The number of para-hydroxylation sites is 1. The Hall–Kier alpha value is -2.47. The van der Waals surface area contributed by atoms with Crippen molar-refractivity contribution < 1.29 is 13.9 Å². The number of benzene rings is 2. The second-order valence-corrected chi connectivity index (χ2v) is 5.55. The molecule has 0 fully saturated rings. The Kier molecular flexibility index (Phi) is 4.02. The molecular formula is C16H13FN2O2S. The first-order valence-electron chi connectivity index (χ1n) is 6.76. The summed E-state index contributed by atoms with van der Waals surface area (Å²) in [5.74, 6) is -0.00607. The number of carbonyl (C=O) groups is 1. The molecule has 112 valence electrons. The first-order chi connectivity index (χ1) is 10.7. The summed E-state index contributed by atoms with van der Waals surface area (Å²) in [5.41, 5.74) is 1.11. The lowest BCUT2D eigenvalue weighted by atomic mass is 10.2. The number of ether oxygens (including phenoxy) is 1. The van der Waals surface area contributed by atoms with Crippen LogP contribution >= 0.6 is 11.3 Å². The van der Waals surface area contributed by atoms with E-state index in [1.165, 1.54) is 35.6 Å². The van der Waals surface area contributed by atoms with Crippen molar-refractivity contribution in [2.45, 2.75) is 6.92 Å². The summed E-state index contributed by atoms with van der Waals surface area (Å²) in [7, 11) is 0. The SMILES string of the molecule is CCOc1cccc2sc(NC(=O)c3ccc(F)cc3)nc12. The van der Waals surface area contributed by atoms with Crippen molar-refractivity contribution in [1.29, 1.82) is 0 Å². The Balaban J connectivity index is 1.86. The van der Waals surface area contributed by atoms with E-state index in [-0.39, 0.29) is 11.7 Å². The molecule has 0 atom stereocenters. The second kappa shape index (κ2) is 6.11. The number of halogens is 1. The molecule has 0 spiro atoms. The lowest BCUT2D eigenvalue weighted by Gasteiger charge is -2.02. The Labute approximate surface area is 130 Å². The molecule has 0 aliphatic rings. The van der Waals surface area contributed by atoms with Gasteiger partial charge in [0.1, 0.15) is 17.1 Å². The van der Waals surface area contributed by atoms with E-state index in [0.29, 0.717) is 23.1 Å². The highest BCUT2D eigenvalue weighted by Crippen LogP contribution is 2.32. The monoisotopic (exact) mass is 316 g/mol. The number of aromatic nitrogens is 1. The summed E-state index contributed by atoms with van der Waals surface area (Å²) in [6, 6.07) is 11.0. The highest BCUT2D eigenvalue weighted by atomic mass is 32.1. The number of fused-ring (bicyclic) bond motifs is 1. The summed E-state index contributed by atoms with van der Waals surface area (Å²) >= 11 is 1.37. The fraction of sp³-hybridized carbons (Fsp3) is 0.125. The fourth-order valence-corrected chi connectivity index (χ4v) is 2.90. The smallest absolute Gasteiger partial charge is 0.257 e. The van der Waals surface area contributed by atoms with Crippen LogP contribution in [0.1, 0.15) is 17.3 Å². The Morgan fingerprint density at radius 2 is 2.05 bits per heavy atom. The third-order valence-electron chi connectivity index (χ3n) is 3.01. The van der Waals surface area contributed by atoms with Crippen molar-refractivity contribution in [3.63, 3.8) is 0 Å². The zero-order valence-electron chi connectivity index (χ0n) is 11.8. The number of amides is 1. The molecular weight excluding hydrogens is 303 g/mol. The molecule has 22 heavy (non-hydrogen) atoms. The molecule has 0 unspecified atom stereocenters. The third-order valence-corrected chi connectivity index (χ3v) is 3.94. The minimum atomic E-state index is -0.377. The van der Waals surface area contributed by atoms with E-state index in [1.807, 2.05) is 25.1 Å². The van der Waals surface area contributed by atoms with Gasteiger partial charge in [-0.2, -0.15) is 0 Å². The number of hydrogen-bond donors (Lipinski definition) is 1. The van der Waals surface area contributed by atoms with Gasteiger partial charge in [-0.05, 0) is 43.3 Å². The summed E-state index contributed by atoms with van der Waals surface area (Å²) in [5, 5.41) is 3.21. The molecule has 0 saturated heterocycles. The van der Waals surface area contributed by atoms with Gasteiger partial charge in [0.15, 0.2) is 5.13 Å². The first kappa shape index (κ1) is 14.5. The van der Waals surface area contributed by atoms with E-state index in [0.717, 1.165) is 10.2 Å². The quantitative estimate of drug-likeness (QED) is 0.789. The van der Waals surface area contributed by atoms with E-state index >= 15 is 0 Å². The average molecular weight is 316 g/mol. The highest BCUT2D eigenvalue weighted by molar-refractivity contribution is 7.22. The number of nitrogens with one attached hydrogen (secondary N) is 1. The van der Waals surface area contributed by atoms with Crippen molar-refractivity contribution >= 4 is 32.6 Å². The maximum atomic E-state index is 12.9. The number of carbonyl (C=O) groups excluding carboxylic acids is 1. The van der Waals surface area contributed by atoms with Gasteiger partial charge >= 0.3 is 0 Å². The maximum absolute atomic E-state index is 12.9. The highest BCUT2D eigenvalue weighted by Gasteiger charge is 2.12. The predicted molar refractivity (Wildman–Crippen MR) is 85.1 cm³/mol.